The first kappa shape index (κ1) is 19.4. The Hall–Kier alpha value is -1.41. The van der Waals surface area contributed by atoms with E-state index in [-0.39, 0.29) is 18.1 Å². The molecule has 8 heteroatoms. The van der Waals surface area contributed by atoms with Gasteiger partial charge in [0.25, 0.3) is 0 Å². The second-order valence-electron chi connectivity index (χ2n) is 7.67. The highest BCUT2D eigenvalue weighted by Gasteiger charge is 2.44. The van der Waals surface area contributed by atoms with Gasteiger partial charge in [-0.3, -0.25) is 0 Å². The maximum Gasteiger partial charge on any atom is 0.451 e. The number of ether oxygens (including phenoxy) is 2. The average molecular weight is 373 g/mol. The maximum absolute atomic E-state index is 12.7. The quantitative estimate of drug-likeness (QED) is 0.732. The minimum atomic E-state index is -4.56. The lowest BCUT2D eigenvalue weighted by atomic mass is 10.0. The van der Waals surface area contributed by atoms with Crippen molar-refractivity contribution < 1.29 is 22.6 Å². The zero-order chi connectivity index (χ0) is 18.8. The summed E-state index contributed by atoms with van der Waals surface area (Å²) in [6.07, 6.45) is 0.657. The van der Waals surface area contributed by atoms with Crippen LogP contribution in [0, 0.1) is 5.41 Å². The van der Waals surface area contributed by atoms with Gasteiger partial charge in [0.2, 0.25) is 11.7 Å². The number of hydrogen-bond donors (Lipinski definition) is 0. The van der Waals surface area contributed by atoms with Crippen LogP contribution in [0.2, 0.25) is 0 Å². The summed E-state index contributed by atoms with van der Waals surface area (Å²) < 4.78 is 49.5. The minimum Gasteiger partial charge on any atom is -0.474 e. The van der Waals surface area contributed by atoms with Crippen LogP contribution in [0.5, 0.6) is 5.88 Å². The molecule has 0 N–H and O–H groups in total. The van der Waals surface area contributed by atoms with Gasteiger partial charge in [-0.1, -0.05) is 0 Å². The van der Waals surface area contributed by atoms with Crippen molar-refractivity contribution in [2.24, 2.45) is 5.41 Å². The van der Waals surface area contributed by atoms with E-state index < -0.39 is 12.0 Å². The predicted molar refractivity (Wildman–Crippen MR) is 89.9 cm³/mol. The van der Waals surface area contributed by atoms with E-state index in [9.17, 15) is 13.2 Å². The average Bonchev–Trinajstić information content (AvgIpc) is 3.34. The molecule has 2 heterocycles. The number of hydrogen-bond acceptors (Lipinski definition) is 5. The van der Waals surface area contributed by atoms with Gasteiger partial charge in [0, 0.05) is 37.3 Å². The zero-order valence-corrected chi connectivity index (χ0v) is 15.3. The van der Waals surface area contributed by atoms with Crippen LogP contribution in [0.15, 0.2) is 12.3 Å². The molecule has 3 rings (SSSR count). The van der Waals surface area contributed by atoms with Gasteiger partial charge in [0.1, 0.15) is 6.10 Å². The first-order chi connectivity index (χ1) is 12.3. The molecule has 1 aromatic rings. The van der Waals surface area contributed by atoms with E-state index in [2.05, 4.69) is 28.7 Å². The van der Waals surface area contributed by atoms with E-state index in [0.29, 0.717) is 5.41 Å². The molecule has 2 aliphatic rings. The third-order valence-electron chi connectivity index (χ3n) is 4.94. The smallest absolute Gasteiger partial charge is 0.451 e. The molecule has 1 aromatic heterocycles. The van der Waals surface area contributed by atoms with Crippen molar-refractivity contribution in [1.82, 2.24) is 14.9 Å². The number of halogens is 3. The molecular formula is C18H26F3N3O2. The summed E-state index contributed by atoms with van der Waals surface area (Å²) >= 11 is 0. The lowest BCUT2D eigenvalue weighted by Crippen LogP contribution is -2.42. The van der Waals surface area contributed by atoms with Gasteiger partial charge >= 0.3 is 6.18 Å². The molecule has 0 atom stereocenters. The molecule has 0 radical (unpaired) electrons. The standard InChI is InChI=1S/C18H26F3N3O2/c1-13(2)25-12-17(6-7-17)11-24-9-4-14(5-10-24)26-15-3-8-22-16(23-15)18(19,20)21/h3,8,13-14H,4-7,9-12H2,1-2H3. The van der Waals surface area contributed by atoms with Crippen molar-refractivity contribution in [3.63, 3.8) is 0 Å². The Kier molecular flexibility index (Phi) is 5.72. The highest BCUT2D eigenvalue weighted by Crippen LogP contribution is 2.47. The van der Waals surface area contributed by atoms with E-state index in [4.69, 9.17) is 9.47 Å². The Balaban J connectivity index is 1.46. The summed E-state index contributed by atoms with van der Waals surface area (Å²) in [5, 5.41) is 0. The van der Waals surface area contributed by atoms with E-state index in [1.54, 1.807) is 0 Å². The van der Waals surface area contributed by atoms with Crippen molar-refractivity contribution >= 4 is 0 Å². The van der Waals surface area contributed by atoms with Gasteiger partial charge < -0.3 is 14.4 Å². The molecule has 2 fully saturated rings. The molecule has 1 aliphatic carbocycles. The molecule has 0 spiro atoms. The van der Waals surface area contributed by atoms with Crippen molar-refractivity contribution in [3.05, 3.63) is 18.1 Å². The third kappa shape index (κ3) is 5.30. The van der Waals surface area contributed by atoms with Crippen molar-refractivity contribution in [3.8, 4) is 5.88 Å². The largest absolute Gasteiger partial charge is 0.474 e. The van der Waals surface area contributed by atoms with Crippen LogP contribution in [0.3, 0.4) is 0 Å². The summed E-state index contributed by atoms with van der Waals surface area (Å²) in [6.45, 7) is 7.70. The van der Waals surface area contributed by atoms with Gasteiger partial charge in [-0.25, -0.2) is 4.98 Å². The number of aromatic nitrogens is 2. The van der Waals surface area contributed by atoms with Crippen LogP contribution in [0.4, 0.5) is 13.2 Å². The predicted octanol–water partition coefficient (Wildman–Crippen LogP) is 3.54. The van der Waals surface area contributed by atoms with Gasteiger partial charge in [-0.2, -0.15) is 18.2 Å². The highest BCUT2D eigenvalue weighted by atomic mass is 19.4. The molecule has 1 aliphatic heterocycles. The van der Waals surface area contributed by atoms with Crippen molar-refractivity contribution in [2.75, 3.05) is 26.2 Å². The van der Waals surface area contributed by atoms with Crippen LogP contribution >= 0.6 is 0 Å². The topological polar surface area (TPSA) is 47.5 Å². The Morgan fingerprint density at radius 1 is 1.27 bits per heavy atom. The fourth-order valence-corrected chi connectivity index (χ4v) is 3.24. The van der Waals surface area contributed by atoms with E-state index in [0.717, 1.165) is 45.3 Å². The van der Waals surface area contributed by atoms with Gasteiger partial charge in [0.05, 0.1) is 12.7 Å². The van der Waals surface area contributed by atoms with Crippen LogP contribution < -0.4 is 4.74 Å². The maximum atomic E-state index is 12.7. The summed E-state index contributed by atoms with van der Waals surface area (Å²) in [6, 6.07) is 1.38. The molecule has 26 heavy (non-hydrogen) atoms. The first-order valence-electron chi connectivity index (χ1n) is 9.17. The van der Waals surface area contributed by atoms with Gasteiger partial charge in [0.15, 0.2) is 0 Å². The molecular weight excluding hydrogens is 347 g/mol. The minimum absolute atomic E-state index is 0.00484. The number of alkyl halides is 3. The SMILES string of the molecule is CC(C)OCC1(CN2CCC(Oc3ccnc(C(F)(F)F)n3)CC2)CC1. The lowest BCUT2D eigenvalue weighted by molar-refractivity contribution is -0.145. The number of rotatable bonds is 7. The van der Waals surface area contributed by atoms with Crippen molar-refractivity contribution in [1.29, 1.82) is 0 Å². The Morgan fingerprint density at radius 2 is 1.96 bits per heavy atom. The third-order valence-corrected chi connectivity index (χ3v) is 4.94. The van der Waals surface area contributed by atoms with Crippen LogP contribution in [0.25, 0.3) is 0 Å². The van der Waals surface area contributed by atoms with Crippen LogP contribution in [0.1, 0.15) is 45.4 Å². The highest BCUT2D eigenvalue weighted by molar-refractivity contribution is 5.10. The molecule has 5 nitrogen and oxygen atoms in total. The number of likely N-dealkylation sites (tertiary alicyclic amines) is 1. The number of nitrogens with zero attached hydrogens (tertiary/aromatic N) is 3. The van der Waals surface area contributed by atoms with Crippen LogP contribution in [-0.4, -0.2) is 53.3 Å². The fraction of sp³-hybridized carbons (Fsp3) is 0.778. The second-order valence-corrected chi connectivity index (χ2v) is 7.67. The Morgan fingerprint density at radius 3 is 2.54 bits per heavy atom. The summed E-state index contributed by atoms with van der Waals surface area (Å²) in [7, 11) is 0. The summed E-state index contributed by atoms with van der Waals surface area (Å²) in [5.74, 6) is -1.16. The second kappa shape index (κ2) is 7.68. The summed E-state index contributed by atoms with van der Waals surface area (Å²) in [5.41, 5.74) is 0.298. The molecule has 146 valence electrons. The van der Waals surface area contributed by atoms with Crippen molar-refractivity contribution in [2.45, 2.75) is 57.9 Å². The van der Waals surface area contributed by atoms with Gasteiger partial charge in [-0.15, -0.1) is 0 Å². The Bertz CT molecular complexity index is 598. The zero-order valence-electron chi connectivity index (χ0n) is 15.3. The molecule has 1 saturated heterocycles. The van der Waals surface area contributed by atoms with E-state index >= 15 is 0 Å². The van der Waals surface area contributed by atoms with E-state index in [1.807, 2.05) is 0 Å². The molecule has 0 amide bonds. The normalized spacial score (nSPS) is 21.2. The first-order valence-corrected chi connectivity index (χ1v) is 9.17. The fourth-order valence-electron chi connectivity index (χ4n) is 3.24. The van der Waals surface area contributed by atoms with E-state index in [1.165, 1.54) is 18.9 Å². The number of piperidine rings is 1. The molecule has 0 bridgehead atoms. The Labute approximate surface area is 151 Å². The molecule has 1 saturated carbocycles. The lowest BCUT2D eigenvalue weighted by Gasteiger charge is -2.34. The van der Waals surface area contributed by atoms with Gasteiger partial charge in [-0.05, 0) is 39.5 Å². The molecule has 0 unspecified atom stereocenters. The van der Waals surface area contributed by atoms with Crippen LogP contribution in [-0.2, 0) is 10.9 Å². The summed E-state index contributed by atoms with van der Waals surface area (Å²) in [4.78, 5) is 9.15. The molecule has 0 aromatic carbocycles. The monoisotopic (exact) mass is 373 g/mol.